The Morgan fingerprint density at radius 3 is 1.83 bits per heavy atom. The largest absolute Gasteiger partial charge is 0.394 e. The molecular formula is C7H13NO4. The number of hydrogen-bond acceptors (Lipinski definition) is 5. The smallest absolute Gasteiger partial charge is 0.192 e. The van der Waals surface area contributed by atoms with Gasteiger partial charge in [-0.2, -0.15) is 0 Å². The first-order valence-corrected chi connectivity index (χ1v) is 3.28. The van der Waals surface area contributed by atoms with Gasteiger partial charge in [-0.25, -0.2) is 0 Å². The summed E-state index contributed by atoms with van der Waals surface area (Å²) in [6, 6.07) is -0.681. The minimum Gasteiger partial charge on any atom is -0.394 e. The van der Waals surface area contributed by atoms with E-state index in [0.717, 1.165) is 0 Å². The van der Waals surface area contributed by atoms with Gasteiger partial charge in [0.15, 0.2) is 12.1 Å². The second kappa shape index (κ2) is 8.03. The molecule has 0 heterocycles. The highest BCUT2D eigenvalue weighted by Crippen LogP contribution is 1.74. The number of rotatable bonds is 3. The number of Topliss-reactive ketones (excluding diaryl/α,β-unsaturated/α-hetero) is 2. The van der Waals surface area contributed by atoms with Gasteiger partial charge in [0.25, 0.3) is 0 Å². The summed E-state index contributed by atoms with van der Waals surface area (Å²) in [5.41, 5.74) is 5.02. The zero-order chi connectivity index (χ0) is 10.1. The molecule has 70 valence electrons. The third kappa shape index (κ3) is 11.7. The Bertz CT molecular complexity index is 167. The summed E-state index contributed by atoms with van der Waals surface area (Å²) in [6.45, 7) is 2.31. The van der Waals surface area contributed by atoms with Crippen molar-refractivity contribution in [3.63, 3.8) is 0 Å². The Morgan fingerprint density at radius 1 is 1.50 bits per heavy atom. The molecule has 0 aromatic carbocycles. The maximum Gasteiger partial charge on any atom is 0.192 e. The number of hydrogen-bond donors (Lipinski definition) is 2. The number of carbonyl (C=O) groups excluding carboxylic acids is 3. The van der Waals surface area contributed by atoms with Crippen molar-refractivity contribution in [2.75, 3.05) is 6.61 Å². The van der Waals surface area contributed by atoms with Crippen LogP contribution in [-0.2, 0) is 14.4 Å². The van der Waals surface area contributed by atoms with Gasteiger partial charge in [0.2, 0.25) is 0 Å². The van der Waals surface area contributed by atoms with Crippen LogP contribution in [0.3, 0.4) is 0 Å². The molecule has 1 atom stereocenters. The van der Waals surface area contributed by atoms with Crippen molar-refractivity contribution >= 4 is 17.9 Å². The van der Waals surface area contributed by atoms with E-state index >= 15 is 0 Å². The van der Waals surface area contributed by atoms with Crippen LogP contribution in [0.25, 0.3) is 0 Å². The predicted molar refractivity (Wildman–Crippen MR) is 42.5 cm³/mol. The average Bonchev–Trinajstić information content (AvgIpc) is 2.04. The first kappa shape index (κ1) is 13.5. The molecule has 0 aliphatic heterocycles. The van der Waals surface area contributed by atoms with E-state index in [2.05, 4.69) is 0 Å². The minimum absolute atomic E-state index is 0.178. The normalized spacial score (nSPS) is 10.7. The van der Waals surface area contributed by atoms with Crippen molar-refractivity contribution in [1.29, 1.82) is 0 Å². The van der Waals surface area contributed by atoms with Gasteiger partial charge in [-0.05, 0) is 6.92 Å². The van der Waals surface area contributed by atoms with Crippen LogP contribution in [0.4, 0.5) is 0 Å². The fourth-order valence-electron chi connectivity index (χ4n) is 0.129. The van der Waals surface area contributed by atoms with Crippen LogP contribution in [0.15, 0.2) is 0 Å². The maximum atomic E-state index is 10.1. The molecule has 12 heavy (non-hydrogen) atoms. The number of aliphatic hydroxyl groups is 1. The summed E-state index contributed by atoms with van der Waals surface area (Å²) in [5.74, 6) is -0.604. The highest BCUT2D eigenvalue weighted by atomic mass is 16.3. The molecule has 0 aliphatic rings. The average molecular weight is 175 g/mol. The molecule has 0 bridgehead atoms. The topological polar surface area (TPSA) is 97.5 Å². The van der Waals surface area contributed by atoms with Gasteiger partial charge < -0.3 is 10.8 Å². The monoisotopic (exact) mass is 175 g/mol. The van der Waals surface area contributed by atoms with Crippen LogP contribution in [-0.4, -0.2) is 35.6 Å². The third-order valence-corrected chi connectivity index (χ3v) is 0.885. The van der Waals surface area contributed by atoms with Crippen LogP contribution >= 0.6 is 0 Å². The lowest BCUT2D eigenvalue weighted by molar-refractivity contribution is -0.128. The Balaban J connectivity index is 0. The summed E-state index contributed by atoms with van der Waals surface area (Å²) in [5, 5.41) is 8.16. The maximum absolute atomic E-state index is 10.1. The van der Waals surface area contributed by atoms with Gasteiger partial charge in [0.1, 0.15) is 5.78 Å². The number of ketones is 2. The number of aliphatic hydroxyl groups excluding tert-OH is 1. The highest BCUT2D eigenvalue weighted by Gasteiger charge is 2.02. The second-order valence-corrected chi connectivity index (χ2v) is 2.13. The fourth-order valence-corrected chi connectivity index (χ4v) is 0.129. The lowest BCUT2D eigenvalue weighted by Gasteiger charge is -1.98. The van der Waals surface area contributed by atoms with E-state index in [0.29, 0.717) is 0 Å². The molecule has 1 unspecified atom stereocenters. The lowest BCUT2D eigenvalue weighted by Crippen LogP contribution is -2.31. The third-order valence-electron chi connectivity index (χ3n) is 0.885. The van der Waals surface area contributed by atoms with Gasteiger partial charge in [0, 0.05) is 6.92 Å². The molecule has 3 N–H and O–H groups in total. The summed E-state index contributed by atoms with van der Waals surface area (Å²) in [6.07, 6.45) is 0.278. The van der Waals surface area contributed by atoms with Crippen molar-refractivity contribution in [3.8, 4) is 0 Å². The molecule has 0 aromatic rings. The Morgan fingerprint density at radius 2 is 1.83 bits per heavy atom. The molecule has 0 aliphatic carbocycles. The summed E-state index contributed by atoms with van der Waals surface area (Å²) < 4.78 is 0. The van der Waals surface area contributed by atoms with Crippen LogP contribution in [0.1, 0.15) is 13.8 Å². The number of carbonyl (C=O) groups is 3. The van der Waals surface area contributed by atoms with Gasteiger partial charge in [0.05, 0.1) is 12.6 Å². The zero-order valence-corrected chi connectivity index (χ0v) is 7.11. The van der Waals surface area contributed by atoms with E-state index in [1.54, 1.807) is 0 Å². The summed E-state index contributed by atoms with van der Waals surface area (Å²) in [7, 11) is 0. The van der Waals surface area contributed by atoms with Crippen LogP contribution in [0, 0.1) is 0 Å². The quantitative estimate of drug-likeness (QED) is 0.409. The van der Waals surface area contributed by atoms with Gasteiger partial charge in [-0.15, -0.1) is 0 Å². The predicted octanol–water partition coefficient (Wildman–Crippen LogP) is -1.33. The minimum atomic E-state index is -0.681. The van der Waals surface area contributed by atoms with Crippen molar-refractivity contribution in [1.82, 2.24) is 0 Å². The SMILES string of the molecule is CC(=O)C(N)CO.CC(=O)C=O. The molecule has 0 radical (unpaired) electrons. The second-order valence-electron chi connectivity index (χ2n) is 2.13. The van der Waals surface area contributed by atoms with Crippen molar-refractivity contribution in [2.45, 2.75) is 19.9 Å². The Kier molecular flexibility index (Phi) is 9.04. The molecule has 0 spiro atoms. The van der Waals surface area contributed by atoms with Gasteiger partial charge in [-0.1, -0.05) is 0 Å². The molecule has 0 saturated carbocycles. The van der Waals surface area contributed by atoms with Crippen molar-refractivity contribution in [3.05, 3.63) is 0 Å². The molecular weight excluding hydrogens is 162 g/mol. The molecule has 0 aromatic heterocycles. The summed E-state index contributed by atoms with van der Waals surface area (Å²) in [4.78, 5) is 28.7. The zero-order valence-electron chi connectivity index (χ0n) is 7.11. The van der Waals surface area contributed by atoms with E-state index in [1.807, 2.05) is 0 Å². The van der Waals surface area contributed by atoms with Crippen molar-refractivity contribution < 1.29 is 19.5 Å². The van der Waals surface area contributed by atoms with Gasteiger partial charge in [-0.3, -0.25) is 14.4 Å². The van der Waals surface area contributed by atoms with E-state index < -0.39 is 11.8 Å². The molecule has 5 nitrogen and oxygen atoms in total. The van der Waals surface area contributed by atoms with E-state index in [-0.39, 0.29) is 18.7 Å². The first-order chi connectivity index (χ1) is 5.45. The van der Waals surface area contributed by atoms with E-state index in [9.17, 15) is 9.59 Å². The van der Waals surface area contributed by atoms with Crippen LogP contribution in [0.5, 0.6) is 0 Å². The van der Waals surface area contributed by atoms with Crippen LogP contribution in [0.2, 0.25) is 0 Å². The van der Waals surface area contributed by atoms with Crippen molar-refractivity contribution in [2.24, 2.45) is 5.73 Å². The van der Waals surface area contributed by atoms with E-state index in [1.165, 1.54) is 13.8 Å². The first-order valence-electron chi connectivity index (χ1n) is 3.28. The fraction of sp³-hybridized carbons (Fsp3) is 0.571. The molecule has 0 saturated heterocycles. The number of aldehydes is 1. The molecule has 0 rings (SSSR count). The van der Waals surface area contributed by atoms with Crippen LogP contribution < -0.4 is 5.73 Å². The summed E-state index contributed by atoms with van der Waals surface area (Å²) >= 11 is 0. The molecule has 0 fully saturated rings. The standard InChI is InChI=1S/C4H9NO2.C3H4O2/c1-3(7)4(5)2-6;1-3(5)2-4/h4,6H,2,5H2,1H3;2H,1H3. The Hall–Kier alpha value is -1.07. The molecule has 0 amide bonds. The Labute approximate surface area is 70.6 Å². The number of nitrogens with two attached hydrogens (primary N) is 1. The van der Waals surface area contributed by atoms with Gasteiger partial charge >= 0.3 is 0 Å². The lowest BCUT2D eigenvalue weighted by atomic mass is 10.2. The highest BCUT2D eigenvalue weighted by molar-refractivity contribution is 6.23. The van der Waals surface area contributed by atoms with E-state index in [4.69, 9.17) is 15.6 Å². The molecule has 5 heteroatoms.